The minimum Gasteiger partial charge on any atom is -0.336 e. The predicted octanol–water partition coefficient (Wildman–Crippen LogP) is 4.85. The van der Waals surface area contributed by atoms with E-state index in [0.717, 1.165) is 22.9 Å². The summed E-state index contributed by atoms with van der Waals surface area (Å²) < 4.78 is 44.1. The van der Waals surface area contributed by atoms with Crippen LogP contribution in [0.4, 0.5) is 13.2 Å². The number of alkyl halides is 3. The minimum atomic E-state index is -4.68. The average Bonchev–Trinajstić information content (AvgIpc) is 3.35. The van der Waals surface area contributed by atoms with Crippen molar-refractivity contribution in [3.05, 3.63) is 70.8 Å². The molecule has 0 aliphatic heterocycles. The molecule has 178 valence electrons. The molecule has 10 heteroatoms. The van der Waals surface area contributed by atoms with E-state index < -0.39 is 17.8 Å². The number of fused-ring (bicyclic) bond motifs is 1. The Kier molecular flexibility index (Phi) is 5.93. The third kappa shape index (κ3) is 4.40. The maximum Gasteiger partial charge on any atom is 0.433 e. The van der Waals surface area contributed by atoms with Crippen LogP contribution in [0.5, 0.6) is 0 Å². The SMILES string of the molecule is Cc1c(CN(C)C(=O)c2cc3nc(-c4ccc(C(C)C)cc4)cc(C(F)(F)F)n3n2)cnn1C. The van der Waals surface area contributed by atoms with Crippen molar-refractivity contribution in [2.24, 2.45) is 7.05 Å². The van der Waals surface area contributed by atoms with E-state index in [1.165, 1.54) is 11.0 Å². The molecule has 3 aromatic heterocycles. The number of hydrogen-bond donors (Lipinski definition) is 0. The van der Waals surface area contributed by atoms with E-state index in [4.69, 9.17) is 0 Å². The molecule has 0 atom stereocenters. The maximum atomic E-state index is 13.9. The summed E-state index contributed by atoms with van der Waals surface area (Å²) in [5.74, 6) is -0.212. The summed E-state index contributed by atoms with van der Waals surface area (Å²) in [6.07, 6.45) is -3.03. The number of halogens is 3. The number of amides is 1. The molecule has 0 saturated heterocycles. The summed E-state index contributed by atoms with van der Waals surface area (Å²) in [6, 6.07) is 9.50. The largest absolute Gasteiger partial charge is 0.433 e. The van der Waals surface area contributed by atoms with Gasteiger partial charge in [-0.3, -0.25) is 9.48 Å². The lowest BCUT2D eigenvalue weighted by atomic mass is 10.0. The number of aryl methyl sites for hydroxylation is 1. The summed E-state index contributed by atoms with van der Waals surface area (Å²) in [7, 11) is 3.36. The Morgan fingerprint density at radius 2 is 1.82 bits per heavy atom. The standard InChI is InChI=1S/C24H25F3N6O/c1-14(2)16-6-8-17(9-7-16)19-10-21(24(25,26)27)33-22(29-19)11-20(30-33)23(34)31(4)13-18-12-28-32(5)15(18)3/h6-12,14H,13H2,1-5H3. The first-order valence-electron chi connectivity index (χ1n) is 10.8. The zero-order chi connectivity index (χ0) is 24.8. The highest BCUT2D eigenvalue weighted by molar-refractivity contribution is 5.93. The van der Waals surface area contributed by atoms with Gasteiger partial charge >= 0.3 is 6.18 Å². The van der Waals surface area contributed by atoms with Crippen LogP contribution in [0.25, 0.3) is 16.9 Å². The van der Waals surface area contributed by atoms with Crippen molar-refractivity contribution in [1.82, 2.24) is 29.3 Å². The fourth-order valence-corrected chi connectivity index (χ4v) is 3.69. The van der Waals surface area contributed by atoms with E-state index in [9.17, 15) is 18.0 Å². The van der Waals surface area contributed by atoms with Crippen LogP contribution in [-0.4, -0.2) is 42.2 Å². The van der Waals surface area contributed by atoms with E-state index in [-0.39, 0.29) is 23.6 Å². The van der Waals surface area contributed by atoms with Gasteiger partial charge in [0.05, 0.1) is 11.9 Å². The van der Waals surface area contributed by atoms with Crippen LogP contribution in [0.3, 0.4) is 0 Å². The molecule has 7 nitrogen and oxygen atoms in total. The molecular formula is C24H25F3N6O. The summed E-state index contributed by atoms with van der Waals surface area (Å²) in [5.41, 5.74) is 2.35. The van der Waals surface area contributed by atoms with Gasteiger partial charge in [0.15, 0.2) is 17.0 Å². The Balaban J connectivity index is 1.73. The highest BCUT2D eigenvalue weighted by atomic mass is 19.4. The first-order chi connectivity index (χ1) is 16.0. The van der Waals surface area contributed by atoms with Crippen molar-refractivity contribution in [2.75, 3.05) is 7.05 Å². The van der Waals surface area contributed by atoms with Gasteiger partial charge in [0.25, 0.3) is 5.91 Å². The van der Waals surface area contributed by atoms with Gasteiger partial charge in [0.1, 0.15) is 0 Å². The quantitative estimate of drug-likeness (QED) is 0.418. The number of nitrogens with zero attached hydrogens (tertiary/aromatic N) is 6. The van der Waals surface area contributed by atoms with Crippen molar-refractivity contribution in [1.29, 1.82) is 0 Å². The van der Waals surface area contributed by atoms with Gasteiger partial charge in [0.2, 0.25) is 0 Å². The second-order valence-corrected chi connectivity index (χ2v) is 8.64. The van der Waals surface area contributed by atoms with Crippen LogP contribution in [0.15, 0.2) is 42.6 Å². The van der Waals surface area contributed by atoms with Crippen molar-refractivity contribution in [2.45, 2.75) is 39.4 Å². The fraction of sp³-hybridized carbons (Fsp3) is 0.333. The third-order valence-corrected chi connectivity index (χ3v) is 5.90. The molecule has 34 heavy (non-hydrogen) atoms. The van der Waals surface area contributed by atoms with Crippen molar-refractivity contribution >= 4 is 11.6 Å². The topological polar surface area (TPSA) is 68.3 Å². The molecule has 3 heterocycles. The molecule has 0 saturated carbocycles. The highest BCUT2D eigenvalue weighted by Crippen LogP contribution is 2.33. The van der Waals surface area contributed by atoms with Gasteiger partial charge in [-0.25, -0.2) is 9.50 Å². The smallest absolute Gasteiger partial charge is 0.336 e. The van der Waals surface area contributed by atoms with E-state index in [1.54, 1.807) is 37.1 Å². The summed E-state index contributed by atoms with van der Waals surface area (Å²) in [6.45, 7) is 6.21. The number of rotatable bonds is 5. The normalized spacial score (nSPS) is 12.0. The van der Waals surface area contributed by atoms with Gasteiger partial charge in [0, 0.05) is 43.5 Å². The first-order valence-corrected chi connectivity index (χ1v) is 10.8. The Hall–Kier alpha value is -3.69. The molecule has 0 unspecified atom stereocenters. The van der Waals surface area contributed by atoms with Crippen LogP contribution >= 0.6 is 0 Å². The Morgan fingerprint density at radius 1 is 1.15 bits per heavy atom. The highest BCUT2D eigenvalue weighted by Gasteiger charge is 2.36. The van der Waals surface area contributed by atoms with E-state index in [0.29, 0.717) is 16.0 Å². The molecule has 0 spiro atoms. The zero-order valence-electron chi connectivity index (χ0n) is 19.6. The van der Waals surface area contributed by atoms with Crippen molar-refractivity contribution in [3.63, 3.8) is 0 Å². The minimum absolute atomic E-state index is 0.0490. The van der Waals surface area contributed by atoms with Crippen LogP contribution in [0.1, 0.15) is 52.8 Å². The summed E-state index contributed by atoms with van der Waals surface area (Å²) in [5, 5.41) is 8.12. The molecule has 0 aliphatic rings. The molecular weight excluding hydrogens is 445 g/mol. The van der Waals surface area contributed by atoms with Crippen LogP contribution in [0.2, 0.25) is 0 Å². The van der Waals surface area contributed by atoms with E-state index >= 15 is 0 Å². The Bertz CT molecular complexity index is 1350. The summed E-state index contributed by atoms with van der Waals surface area (Å²) in [4.78, 5) is 18.7. The molecule has 4 aromatic rings. The van der Waals surface area contributed by atoms with Gasteiger partial charge < -0.3 is 4.90 Å². The third-order valence-electron chi connectivity index (χ3n) is 5.90. The first kappa shape index (κ1) is 23.5. The van der Waals surface area contributed by atoms with Crippen LogP contribution < -0.4 is 0 Å². The molecule has 0 bridgehead atoms. The van der Waals surface area contributed by atoms with Crippen molar-refractivity contribution in [3.8, 4) is 11.3 Å². The summed E-state index contributed by atoms with van der Waals surface area (Å²) >= 11 is 0. The molecule has 0 N–H and O–H groups in total. The second-order valence-electron chi connectivity index (χ2n) is 8.64. The van der Waals surface area contributed by atoms with Gasteiger partial charge in [-0.1, -0.05) is 38.1 Å². The second kappa shape index (κ2) is 8.58. The monoisotopic (exact) mass is 470 g/mol. The lowest BCUT2D eigenvalue weighted by Gasteiger charge is -2.15. The maximum absolute atomic E-state index is 13.9. The molecule has 0 aliphatic carbocycles. The molecule has 1 amide bonds. The number of carbonyl (C=O) groups is 1. The van der Waals surface area contributed by atoms with Gasteiger partial charge in [-0.05, 0) is 24.5 Å². The lowest BCUT2D eigenvalue weighted by molar-refractivity contribution is -0.142. The molecule has 4 rings (SSSR count). The van der Waals surface area contributed by atoms with Gasteiger partial charge in [-0.2, -0.15) is 23.4 Å². The van der Waals surface area contributed by atoms with E-state index in [2.05, 4.69) is 15.2 Å². The zero-order valence-corrected chi connectivity index (χ0v) is 19.6. The van der Waals surface area contributed by atoms with Gasteiger partial charge in [-0.15, -0.1) is 0 Å². The Labute approximate surface area is 194 Å². The van der Waals surface area contributed by atoms with Crippen molar-refractivity contribution < 1.29 is 18.0 Å². The molecule has 0 radical (unpaired) electrons. The fourth-order valence-electron chi connectivity index (χ4n) is 3.69. The predicted molar refractivity (Wildman–Crippen MR) is 121 cm³/mol. The number of hydrogen-bond acceptors (Lipinski definition) is 4. The molecule has 1 aromatic carbocycles. The number of benzene rings is 1. The van der Waals surface area contributed by atoms with E-state index in [1.807, 2.05) is 32.9 Å². The van der Waals surface area contributed by atoms with Crippen LogP contribution in [0, 0.1) is 6.92 Å². The Morgan fingerprint density at radius 3 is 2.38 bits per heavy atom. The number of aromatic nitrogens is 5. The van der Waals surface area contributed by atoms with Crippen LogP contribution in [-0.2, 0) is 19.8 Å². The number of carbonyl (C=O) groups excluding carboxylic acids is 1. The lowest BCUT2D eigenvalue weighted by Crippen LogP contribution is -2.27. The average molecular weight is 470 g/mol. The molecule has 0 fully saturated rings.